The van der Waals surface area contributed by atoms with Crippen LogP contribution in [0.25, 0.3) is 0 Å². The lowest BCUT2D eigenvalue weighted by Gasteiger charge is -2.09. The van der Waals surface area contributed by atoms with Gasteiger partial charge < -0.3 is 4.52 Å². The number of halogens is 1. The Morgan fingerprint density at radius 1 is 1.32 bits per heavy atom. The van der Waals surface area contributed by atoms with E-state index in [2.05, 4.69) is 25.8 Å². The Kier molecular flexibility index (Phi) is 3.96. The smallest absolute Gasteiger partial charge is 0.238 e. The predicted octanol–water partition coefficient (Wildman–Crippen LogP) is 3.00. The molecule has 2 rings (SSSR count). The van der Waals surface area contributed by atoms with Gasteiger partial charge in [-0.25, -0.2) is 8.42 Å². The predicted molar refractivity (Wildman–Crippen MR) is 76.4 cm³/mol. The van der Waals surface area contributed by atoms with Crippen molar-refractivity contribution in [2.45, 2.75) is 19.6 Å². The van der Waals surface area contributed by atoms with Crippen LogP contribution in [0, 0.1) is 13.8 Å². The van der Waals surface area contributed by atoms with Crippen molar-refractivity contribution in [3.63, 3.8) is 0 Å². The third-order valence-corrected chi connectivity index (χ3v) is 4.17. The van der Waals surface area contributed by atoms with Gasteiger partial charge in [0.2, 0.25) is 10.0 Å². The summed E-state index contributed by atoms with van der Waals surface area (Å²) in [6.07, 6.45) is 0. The summed E-state index contributed by atoms with van der Waals surface area (Å²) >= 11 is 3.33. The van der Waals surface area contributed by atoms with Crippen molar-refractivity contribution in [1.29, 1.82) is 0 Å². The van der Waals surface area contributed by atoms with Gasteiger partial charge in [-0.05, 0) is 37.6 Å². The van der Waals surface area contributed by atoms with E-state index in [1.54, 1.807) is 25.1 Å². The Balaban J connectivity index is 2.17. The van der Waals surface area contributed by atoms with Gasteiger partial charge in [0.1, 0.15) is 17.2 Å². The fourth-order valence-electron chi connectivity index (χ4n) is 1.63. The summed E-state index contributed by atoms with van der Waals surface area (Å²) in [6.45, 7) is 3.55. The minimum Gasteiger partial charge on any atom is -0.361 e. The van der Waals surface area contributed by atoms with Gasteiger partial charge in [0.15, 0.2) is 0 Å². The monoisotopic (exact) mass is 344 g/mol. The molecule has 0 spiro atoms. The van der Waals surface area contributed by atoms with Crippen LogP contribution in [-0.2, 0) is 15.8 Å². The van der Waals surface area contributed by atoms with Crippen LogP contribution in [0.3, 0.4) is 0 Å². The number of hydrogen-bond acceptors (Lipinski definition) is 4. The van der Waals surface area contributed by atoms with Crippen LogP contribution in [0.2, 0.25) is 0 Å². The number of nitrogens with zero attached hydrogens (tertiary/aromatic N) is 1. The number of rotatable bonds is 4. The van der Waals surface area contributed by atoms with Crippen molar-refractivity contribution in [3.05, 3.63) is 45.8 Å². The summed E-state index contributed by atoms with van der Waals surface area (Å²) in [5.41, 5.74) is 1.79. The fourth-order valence-corrected chi connectivity index (χ4v) is 3.26. The third-order valence-electron chi connectivity index (χ3n) is 2.47. The van der Waals surface area contributed by atoms with Gasteiger partial charge in [-0.15, -0.1) is 0 Å². The second-order valence-corrected chi connectivity index (χ2v) is 6.89. The van der Waals surface area contributed by atoms with Gasteiger partial charge in [-0.3, -0.25) is 4.72 Å². The Labute approximate surface area is 120 Å². The quantitative estimate of drug-likeness (QED) is 0.925. The number of nitrogens with one attached hydrogen (secondary N) is 1. The van der Waals surface area contributed by atoms with E-state index in [4.69, 9.17) is 4.52 Å². The number of sulfonamides is 1. The van der Waals surface area contributed by atoms with Gasteiger partial charge in [-0.2, -0.15) is 0 Å². The number of aryl methyl sites for hydroxylation is 2. The zero-order valence-corrected chi connectivity index (χ0v) is 12.9. The summed E-state index contributed by atoms with van der Waals surface area (Å²) < 4.78 is 32.3. The molecule has 1 N–H and O–H groups in total. The van der Waals surface area contributed by atoms with Crippen molar-refractivity contribution in [2.24, 2.45) is 0 Å². The van der Waals surface area contributed by atoms with Gasteiger partial charge in [0, 0.05) is 10.5 Å². The van der Waals surface area contributed by atoms with Gasteiger partial charge in [0.05, 0.1) is 5.69 Å². The molecule has 0 atom stereocenters. The zero-order valence-electron chi connectivity index (χ0n) is 10.5. The van der Waals surface area contributed by atoms with E-state index in [1.807, 2.05) is 13.0 Å². The molecule has 0 aliphatic carbocycles. The van der Waals surface area contributed by atoms with E-state index in [0.717, 1.165) is 10.0 Å². The minimum absolute atomic E-state index is 0.208. The number of aromatic nitrogens is 1. The second-order valence-electron chi connectivity index (χ2n) is 4.25. The van der Waals surface area contributed by atoms with Crippen LogP contribution in [-0.4, -0.2) is 13.6 Å². The first-order chi connectivity index (χ1) is 8.85. The van der Waals surface area contributed by atoms with Crippen molar-refractivity contribution in [3.8, 4) is 0 Å². The Morgan fingerprint density at radius 3 is 2.63 bits per heavy atom. The molecular formula is C12H13BrN2O3S. The van der Waals surface area contributed by atoms with Crippen LogP contribution in [0.4, 0.5) is 5.69 Å². The Morgan fingerprint density at radius 2 is 2.05 bits per heavy atom. The maximum Gasteiger partial charge on any atom is 0.238 e. The highest BCUT2D eigenvalue weighted by Crippen LogP contribution is 2.21. The van der Waals surface area contributed by atoms with Crippen LogP contribution in [0.1, 0.15) is 17.0 Å². The molecule has 5 nitrogen and oxygen atoms in total. The lowest BCUT2D eigenvalue weighted by molar-refractivity contribution is 0.392. The molecule has 7 heteroatoms. The van der Waals surface area contributed by atoms with Crippen LogP contribution < -0.4 is 4.72 Å². The first-order valence-corrected chi connectivity index (χ1v) is 7.99. The Bertz CT molecular complexity index is 695. The molecule has 19 heavy (non-hydrogen) atoms. The summed E-state index contributed by atoms with van der Waals surface area (Å²) in [7, 11) is -3.50. The molecule has 0 aliphatic heterocycles. The molecule has 0 saturated heterocycles. The standard InChI is InChI=1S/C12H13BrN2O3S/c1-8-5-10(13)3-4-12(8)15-19(16,17)7-11-6-9(2)18-14-11/h3-6,15H,7H2,1-2H3. The molecule has 0 unspecified atom stereocenters. The van der Waals surface area contributed by atoms with Crippen LogP contribution in [0.15, 0.2) is 33.3 Å². The summed E-state index contributed by atoms with van der Waals surface area (Å²) in [6, 6.07) is 6.95. The van der Waals surface area contributed by atoms with E-state index in [0.29, 0.717) is 17.1 Å². The number of hydrogen-bond donors (Lipinski definition) is 1. The van der Waals surface area contributed by atoms with Crippen molar-refractivity contribution >= 4 is 31.6 Å². The lowest BCUT2D eigenvalue weighted by atomic mass is 10.2. The van der Waals surface area contributed by atoms with E-state index >= 15 is 0 Å². The SMILES string of the molecule is Cc1cc(CS(=O)(=O)Nc2ccc(Br)cc2C)no1. The molecular weight excluding hydrogens is 332 g/mol. The summed E-state index contributed by atoms with van der Waals surface area (Å²) in [4.78, 5) is 0. The van der Waals surface area contributed by atoms with Gasteiger partial charge >= 0.3 is 0 Å². The molecule has 0 radical (unpaired) electrons. The van der Waals surface area contributed by atoms with Crippen molar-refractivity contribution in [2.75, 3.05) is 4.72 Å². The maximum absolute atomic E-state index is 12.0. The second kappa shape index (κ2) is 5.34. The minimum atomic E-state index is -3.50. The largest absolute Gasteiger partial charge is 0.361 e. The highest BCUT2D eigenvalue weighted by Gasteiger charge is 2.15. The lowest BCUT2D eigenvalue weighted by Crippen LogP contribution is -2.15. The van der Waals surface area contributed by atoms with Crippen molar-refractivity contribution in [1.82, 2.24) is 5.16 Å². The molecule has 0 amide bonds. The fraction of sp³-hybridized carbons (Fsp3) is 0.250. The third kappa shape index (κ3) is 3.81. The van der Waals surface area contributed by atoms with Gasteiger partial charge in [-0.1, -0.05) is 21.1 Å². The van der Waals surface area contributed by atoms with Crippen molar-refractivity contribution < 1.29 is 12.9 Å². The summed E-state index contributed by atoms with van der Waals surface area (Å²) in [5.74, 6) is 0.379. The zero-order chi connectivity index (χ0) is 14.0. The van der Waals surface area contributed by atoms with E-state index < -0.39 is 10.0 Å². The molecule has 0 bridgehead atoms. The molecule has 0 saturated carbocycles. The normalized spacial score (nSPS) is 11.5. The molecule has 1 aromatic heterocycles. The molecule has 1 heterocycles. The number of anilines is 1. The molecule has 0 fully saturated rings. The number of benzene rings is 1. The molecule has 1 aromatic carbocycles. The maximum atomic E-state index is 12.0. The van der Waals surface area contributed by atoms with Gasteiger partial charge in [0.25, 0.3) is 0 Å². The average Bonchev–Trinajstić information content (AvgIpc) is 2.67. The highest BCUT2D eigenvalue weighted by atomic mass is 79.9. The molecule has 0 aliphatic rings. The topological polar surface area (TPSA) is 72.2 Å². The highest BCUT2D eigenvalue weighted by molar-refractivity contribution is 9.10. The molecule has 2 aromatic rings. The Hall–Kier alpha value is -1.34. The van der Waals surface area contributed by atoms with E-state index in [9.17, 15) is 8.42 Å². The first kappa shape index (κ1) is 14.1. The van der Waals surface area contributed by atoms with Crippen LogP contribution in [0.5, 0.6) is 0 Å². The van der Waals surface area contributed by atoms with Crippen LogP contribution >= 0.6 is 15.9 Å². The van der Waals surface area contributed by atoms with E-state index in [-0.39, 0.29) is 5.75 Å². The first-order valence-electron chi connectivity index (χ1n) is 5.54. The average molecular weight is 345 g/mol. The summed E-state index contributed by atoms with van der Waals surface area (Å²) in [5, 5.41) is 3.68. The molecule has 102 valence electrons. The van der Waals surface area contributed by atoms with E-state index in [1.165, 1.54) is 0 Å².